The van der Waals surface area contributed by atoms with E-state index in [4.69, 9.17) is 18.9 Å². The maximum Gasteiger partial charge on any atom is 0.126 e. The molecule has 2 N–H and O–H groups in total. The van der Waals surface area contributed by atoms with Crippen LogP contribution in [0.5, 0.6) is 23.0 Å². The summed E-state index contributed by atoms with van der Waals surface area (Å²) in [6.07, 6.45) is 10.4. The molecule has 0 fully saturated rings. The molecular weight excluding hydrogens is 649 g/mol. The first-order chi connectivity index (χ1) is 25.5. The monoisotopic (exact) mass is 708 g/mol. The van der Waals surface area contributed by atoms with Crippen molar-refractivity contribution in [3.63, 3.8) is 0 Å². The van der Waals surface area contributed by atoms with Gasteiger partial charge in [0, 0.05) is 25.7 Å². The number of aliphatic hydroxyl groups excluding tert-OH is 2. The number of hydrogen-bond donors (Lipinski definition) is 2. The van der Waals surface area contributed by atoms with E-state index < -0.39 is 0 Å². The molecule has 0 atom stereocenters. The van der Waals surface area contributed by atoms with Crippen molar-refractivity contribution in [2.24, 2.45) is 0 Å². The fraction of sp³-hybridized carbons (Fsp3) is 0.478. The molecule has 1 aliphatic carbocycles. The predicted molar refractivity (Wildman–Crippen MR) is 210 cm³/mol. The number of aliphatic hydroxyl groups is 2. The molecule has 0 aromatic heterocycles. The largest absolute Gasteiger partial charge is 0.493 e. The third-order valence-electron chi connectivity index (χ3n) is 9.83. The van der Waals surface area contributed by atoms with Crippen LogP contribution in [0.4, 0.5) is 0 Å². The van der Waals surface area contributed by atoms with E-state index in [0.29, 0.717) is 52.1 Å². The van der Waals surface area contributed by atoms with E-state index in [2.05, 4.69) is 88.4 Å². The molecule has 0 unspecified atom stereocenters. The fourth-order valence-corrected chi connectivity index (χ4v) is 7.03. The number of rotatable bonds is 18. The van der Waals surface area contributed by atoms with Gasteiger partial charge in [-0.25, -0.2) is 0 Å². The highest BCUT2D eigenvalue weighted by Gasteiger charge is 2.23. The lowest BCUT2D eigenvalue weighted by atomic mass is 9.89. The van der Waals surface area contributed by atoms with Crippen LogP contribution >= 0.6 is 0 Å². The molecule has 8 bridgehead atoms. The third kappa shape index (κ3) is 10.1. The minimum Gasteiger partial charge on any atom is -0.493 e. The van der Waals surface area contributed by atoms with Gasteiger partial charge in [-0.15, -0.1) is 0 Å². The summed E-state index contributed by atoms with van der Waals surface area (Å²) in [4.78, 5) is 0. The van der Waals surface area contributed by atoms with Crippen LogP contribution in [0.15, 0.2) is 60.7 Å². The zero-order valence-electron chi connectivity index (χ0n) is 32.0. The van der Waals surface area contributed by atoms with Gasteiger partial charge in [-0.2, -0.15) is 0 Å². The zero-order valence-corrected chi connectivity index (χ0v) is 32.0. The number of unbranched alkanes of at least 4 members (excludes halogenated alkanes) is 4. The Balaban J connectivity index is 1.79. The van der Waals surface area contributed by atoms with E-state index in [-0.39, 0.29) is 13.2 Å². The van der Waals surface area contributed by atoms with E-state index in [1.807, 2.05) is 0 Å². The molecule has 6 heteroatoms. The van der Waals surface area contributed by atoms with Gasteiger partial charge < -0.3 is 29.2 Å². The minimum absolute atomic E-state index is 0.0579. The normalized spacial score (nSPS) is 12.4. The molecule has 5 rings (SSSR count). The van der Waals surface area contributed by atoms with Crippen molar-refractivity contribution in [2.75, 3.05) is 26.4 Å². The number of hydrogen-bond acceptors (Lipinski definition) is 6. The van der Waals surface area contributed by atoms with Gasteiger partial charge in [0.25, 0.3) is 0 Å². The quantitative estimate of drug-likeness (QED) is 0.0883. The molecule has 52 heavy (non-hydrogen) atoms. The first-order valence-corrected chi connectivity index (χ1v) is 19.8. The lowest BCUT2D eigenvalue weighted by Crippen LogP contribution is -2.11. The van der Waals surface area contributed by atoms with Crippen molar-refractivity contribution in [2.45, 2.75) is 118 Å². The Morgan fingerprint density at radius 3 is 0.885 bits per heavy atom. The van der Waals surface area contributed by atoms with E-state index in [1.165, 1.54) is 0 Å². The van der Waals surface area contributed by atoms with Crippen LogP contribution in [0, 0.1) is 0 Å². The summed E-state index contributed by atoms with van der Waals surface area (Å²) in [6.45, 7) is 11.1. The van der Waals surface area contributed by atoms with Crippen LogP contribution in [0.3, 0.4) is 0 Å². The summed E-state index contributed by atoms with van der Waals surface area (Å²) in [5.41, 5.74) is 10.2. The lowest BCUT2D eigenvalue weighted by Gasteiger charge is -2.24. The lowest BCUT2D eigenvalue weighted by molar-refractivity contribution is 0.280. The number of para-hydroxylation sites is 2. The molecule has 280 valence electrons. The van der Waals surface area contributed by atoms with Crippen molar-refractivity contribution in [3.05, 3.63) is 116 Å². The Labute approximate surface area is 312 Å². The van der Waals surface area contributed by atoms with Crippen LogP contribution in [-0.4, -0.2) is 36.6 Å². The summed E-state index contributed by atoms with van der Waals surface area (Å²) < 4.78 is 26.8. The second-order valence-electron chi connectivity index (χ2n) is 14.1. The van der Waals surface area contributed by atoms with Gasteiger partial charge in [-0.3, -0.25) is 0 Å². The van der Waals surface area contributed by atoms with Gasteiger partial charge in [0.2, 0.25) is 0 Å². The molecule has 0 saturated carbocycles. The maximum atomic E-state index is 10.5. The Bertz CT molecular complexity index is 1510. The topological polar surface area (TPSA) is 77.4 Å². The molecule has 0 saturated heterocycles. The molecule has 1 aliphatic rings. The van der Waals surface area contributed by atoms with Gasteiger partial charge in [0.05, 0.1) is 39.6 Å². The summed E-state index contributed by atoms with van der Waals surface area (Å²) in [5, 5.41) is 21.0. The SMILES string of the molecule is CCCCOc1c2cccc1Cc1cc(CO)cc(c1OCCCC)Cc1cccc(c1OCCCC)Cc1cc(CO)cc(c1OCCCC)C2. The summed E-state index contributed by atoms with van der Waals surface area (Å²) in [5.74, 6) is 3.56. The molecule has 0 spiro atoms. The van der Waals surface area contributed by atoms with E-state index in [9.17, 15) is 10.2 Å². The van der Waals surface area contributed by atoms with Crippen LogP contribution in [-0.2, 0) is 38.9 Å². The molecule has 0 amide bonds. The molecule has 4 aromatic carbocycles. The fourth-order valence-electron chi connectivity index (χ4n) is 7.03. The number of fused-ring (bicyclic) bond motifs is 8. The maximum absolute atomic E-state index is 10.5. The highest BCUT2D eigenvalue weighted by molar-refractivity contribution is 5.57. The average Bonchev–Trinajstić information content (AvgIpc) is 3.15. The Morgan fingerprint density at radius 1 is 0.404 bits per heavy atom. The molecule has 0 heterocycles. The Hall–Kier alpha value is -4.00. The number of benzene rings is 4. The van der Waals surface area contributed by atoms with Crippen LogP contribution < -0.4 is 18.9 Å². The van der Waals surface area contributed by atoms with Crippen molar-refractivity contribution >= 4 is 0 Å². The van der Waals surface area contributed by atoms with E-state index in [0.717, 1.165) is 130 Å². The second-order valence-corrected chi connectivity index (χ2v) is 14.1. The van der Waals surface area contributed by atoms with Crippen LogP contribution in [0.2, 0.25) is 0 Å². The predicted octanol–water partition coefficient (Wildman–Crippen LogP) is 10.1. The first kappa shape index (κ1) is 39.2. The molecule has 6 nitrogen and oxygen atoms in total. The zero-order chi connectivity index (χ0) is 36.7. The molecule has 4 aromatic rings. The molecule has 0 radical (unpaired) electrons. The molecular formula is C46H60O6. The van der Waals surface area contributed by atoms with Crippen LogP contribution in [0.1, 0.15) is 135 Å². The Morgan fingerprint density at radius 2 is 0.654 bits per heavy atom. The number of ether oxygens (including phenoxy) is 4. The van der Waals surface area contributed by atoms with Crippen LogP contribution in [0.25, 0.3) is 0 Å². The van der Waals surface area contributed by atoms with E-state index >= 15 is 0 Å². The van der Waals surface area contributed by atoms with Crippen molar-refractivity contribution in [1.82, 2.24) is 0 Å². The summed E-state index contributed by atoms with van der Waals surface area (Å²) >= 11 is 0. The van der Waals surface area contributed by atoms with Gasteiger partial charge in [-0.05, 0) is 106 Å². The van der Waals surface area contributed by atoms with Gasteiger partial charge >= 0.3 is 0 Å². The second kappa shape index (κ2) is 20.3. The summed E-state index contributed by atoms with van der Waals surface area (Å²) in [6, 6.07) is 21.3. The standard InChI is InChI=1S/C46H60O6/c1-5-9-19-49-43-35-15-13-16-36(43)28-40-24-34(32-48)26-42(46(40)52-22-12-8-4)30-38-18-14-17-37(44(38)50-20-10-6-2)29-41-25-33(31-47)23-39(27-35)45(41)51-21-11-7-3/h13-18,23-26,47-48H,5-12,19-22,27-32H2,1-4H3. The van der Waals surface area contributed by atoms with Gasteiger partial charge in [-0.1, -0.05) is 89.8 Å². The average molecular weight is 709 g/mol. The van der Waals surface area contributed by atoms with Crippen molar-refractivity contribution < 1.29 is 29.2 Å². The smallest absolute Gasteiger partial charge is 0.126 e. The highest BCUT2D eigenvalue weighted by atomic mass is 16.5. The first-order valence-electron chi connectivity index (χ1n) is 19.8. The third-order valence-corrected chi connectivity index (χ3v) is 9.83. The molecule has 0 aliphatic heterocycles. The van der Waals surface area contributed by atoms with Crippen molar-refractivity contribution in [1.29, 1.82) is 0 Å². The van der Waals surface area contributed by atoms with Crippen molar-refractivity contribution in [3.8, 4) is 23.0 Å². The van der Waals surface area contributed by atoms with Gasteiger partial charge in [0.1, 0.15) is 23.0 Å². The minimum atomic E-state index is -0.0579. The Kier molecular flexibility index (Phi) is 15.3. The van der Waals surface area contributed by atoms with Gasteiger partial charge in [0.15, 0.2) is 0 Å². The summed E-state index contributed by atoms with van der Waals surface area (Å²) in [7, 11) is 0. The highest BCUT2D eigenvalue weighted by Crippen LogP contribution is 2.40. The van der Waals surface area contributed by atoms with E-state index in [1.54, 1.807) is 0 Å².